The minimum absolute atomic E-state index is 0.615. The van der Waals surface area contributed by atoms with Gasteiger partial charge in [-0.25, -0.2) is 0 Å². The van der Waals surface area contributed by atoms with Gasteiger partial charge in [0.1, 0.15) is 0 Å². The highest BCUT2D eigenvalue weighted by molar-refractivity contribution is 4.78. The predicted octanol–water partition coefficient (Wildman–Crippen LogP) is 3.86. The van der Waals surface area contributed by atoms with Gasteiger partial charge in [0.15, 0.2) is 0 Å². The average molecular weight is 154 g/mol. The summed E-state index contributed by atoms with van der Waals surface area (Å²) >= 11 is 0. The van der Waals surface area contributed by atoms with Gasteiger partial charge in [0.2, 0.25) is 0 Å². The molecule has 11 heavy (non-hydrogen) atoms. The summed E-state index contributed by atoms with van der Waals surface area (Å²) in [6, 6.07) is 0. The Bertz CT molecular complexity index is 124. The molecule has 66 valence electrons. The fourth-order valence-electron chi connectivity index (χ4n) is 2.36. The molecule has 1 saturated carbocycles. The third-order valence-corrected chi connectivity index (χ3v) is 3.36. The first-order valence-corrected chi connectivity index (χ1v) is 5.01. The van der Waals surface area contributed by atoms with Gasteiger partial charge in [-0.15, -0.1) is 0 Å². The molecule has 1 rings (SSSR count). The normalized spacial score (nSPS) is 38.2. The van der Waals surface area contributed by atoms with Crippen LogP contribution < -0.4 is 0 Å². The first-order valence-electron chi connectivity index (χ1n) is 5.01. The zero-order chi connectivity index (χ0) is 8.48. The van der Waals surface area contributed by atoms with Crippen molar-refractivity contribution >= 4 is 0 Å². The zero-order valence-corrected chi connectivity index (χ0v) is 8.48. The van der Waals surface area contributed by atoms with Crippen LogP contribution in [0.1, 0.15) is 53.4 Å². The molecule has 0 aromatic rings. The van der Waals surface area contributed by atoms with Crippen LogP contribution in [-0.2, 0) is 0 Å². The van der Waals surface area contributed by atoms with Gasteiger partial charge in [-0.2, -0.15) is 0 Å². The van der Waals surface area contributed by atoms with Gasteiger partial charge in [0, 0.05) is 0 Å². The van der Waals surface area contributed by atoms with E-state index in [1.165, 1.54) is 25.7 Å². The van der Waals surface area contributed by atoms with Crippen LogP contribution in [0.25, 0.3) is 0 Å². The van der Waals surface area contributed by atoms with Gasteiger partial charge in [-0.1, -0.05) is 40.5 Å². The lowest BCUT2D eigenvalue weighted by atomic mass is 9.80. The molecule has 0 spiro atoms. The van der Waals surface area contributed by atoms with Crippen LogP contribution in [-0.4, -0.2) is 0 Å². The Labute approximate surface area is 71.4 Å². The van der Waals surface area contributed by atoms with Gasteiger partial charge in [-0.3, -0.25) is 0 Å². The molecule has 0 N–H and O–H groups in total. The van der Waals surface area contributed by atoms with Crippen molar-refractivity contribution in [1.29, 1.82) is 0 Å². The molecule has 1 aliphatic carbocycles. The van der Waals surface area contributed by atoms with Crippen LogP contribution in [0.15, 0.2) is 0 Å². The summed E-state index contributed by atoms with van der Waals surface area (Å²) in [6.07, 6.45) is 5.75. The molecule has 0 heteroatoms. The van der Waals surface area contributed by atoms with Crippen LogP contribution in [0.2, 0.25) is 0 Å². The van der Waals surface area contributed by atoms with Crippen molar-refractivity contribution in [2.75, 3.05) is 0 Å². The molecule has 1 aliphatic rings. The van der Waals surface area contributed by atoms with E-state index >= 15 is 0 Å². The van der Waals surface area contributed by atoms with Crippen molar-refractivity contribution in [2.24, 2.45) is 17.3 Å². The van der Waals surface area contributed by atoms with Crippen molar-refractivity contribution in [3.8, 4) is 0 Å². The maximum absolute atomic E-state index is 2.42. The maximum atomic E-state index is 2.42. The number of hydrogen-bond acceptors (Lipinski definition) is 0. The van der Waals surface area contributed by atoms with Gasteiger partial charge in [0.05, 0.1) is 0 Å². The van der Waals surface area contributed by atoms with E-state index in [2.05, 4.69) is 27.7 Å². The first kappa shape index (κ1) is 9.09. The summed E-state index contributed by atoms with van der Waals surface area (Å²) in [7, 11) is 0. The fraction of sp³-hybridized carbons (Fsp3) is 1.00. The molecular weight excluding hydrogens is 132 g/mol. The van der Waals surface area contributed by atoms with Crippen LogP contribution in [0.5, 0.6) is 0 Å². The highest BCUT2D eigenvalue weighted by atomic mass is 14.3. The Hall–Kier alpha value is 0. The molecule has 0 radical (unpaired) electrons. The summed E-state index contributed by atoms with van der Waals surface area (Å²) in [5.41, 5.74) is 0.615. The Morgan fingerprint density at radius 2 is 1.73 bits per heavy atom. The summed E-state index contributed by atoms with van der Waals surface area (Å²) in [4.78, 5) is 0. The minimum Gasteiger partial charge on any atom is -0.0623 e. The van der Waals surface area contributed by atoms with E-state index in [0.29, 0.717) is 5.41 Å². The molecule has 0 aromatic heterocycles. The van der Waals surface area contributed by atoms with Crippen molar-refractivity contribution in [3.63, 3.8) is 0 Å². The highest BCUT2D eigenvalue weighted by Gasteiger charge is 2.27. The molecular formula is C11H22. The molecule has 0 amide bonds. The molecule has 0 bridgehead atoms. The van der Waals surface area contributed by atoms with Gasteiger partial charge < -0.3 is 0 Å². The summed E-state index contributed by atoms with van der Waals surface area (Å²) < 4.78 is 0. The maximum Gasteiger partial charge on any atom is -0.0352 e. The van der Waals surface area contributed by atoms with Gasteiger partial charge in [0.25, 0.3) is 0 Å². The third kappa shape index (κ3) is 2.50. The second-order valence-electron chi connectivity index (χ2n) is 5.22. The van der Waals surface area contributed by atoms with E-state index < -0.39 is 0 Å². The van der Waals surface area contributed by atoms with E-state index in [4.69, 9.17) is 0 Å². The SMILES string of the molecule is C[C@@H]1CCCC(C)(C)C[C@H]1C. The third-order valence-electron chi connectivity index (χ3n) is 3.36. The standard InChI is InChI=1S/C11H22/c1-9-6-5-7-11(3,4)8-10(9)2/h9-10H,5-8H2,1-4H3/t9-,10-/m1/s1. The predicted molar refractivity (Wildman–Crippen MR) is 50.6 cm³/mol. The van der Waals surface area contributed by atoms with Crippen molar-refractivity contribution in [1.82, 2.24) is 0 Å². The minimum atomic E-state index is 0.615. The van der Waals surface area contributed by atoms with Crippen LogP contribution in [0.3, 0.4) is 0 Å². The molecule has 0 unspecified atom stereocenters. The fourth-order valence-corrected chi connectivity index (χ4v) is 2.36. The summed E-state index contributed by atoms with van der Waals surface area (Å²) in [5, 5.41) is 0. The Kier molecular flexibility index (Phi) is 2.61. The van der Waals surface area contributed by atoms with Crippen LogP contribution in [0, 0.1) is 17.3 Å². The van der Waals surface area contributed by atoms with E-state index in [-0.39, 0.29) is 0 Å². The van der Waals surface area contributed by atoms with Gasteiger partial charge >= 0.3 is 0 Å². The summed E-state index contributed by atoms with van der Waals surface area (Å²) in [6.45, 7) is 9.66. The summed E-state index contributed by atoms with van der Waals surface area (Å²) in [5.74, 6) is 1.89. The van der Waals surface area contributed by atoms with E-state index in [1.54, 1.807) is 0 Å². The molecule has 0 heterocycles. The Morgan fingerprint density at radius 3 is 2.36 bits per heavy atom. The lowest BCUT2D eigenvalue weighted by Crippen LogP contribution is -2.15. The lowest BCUT2D eigenvalue weighted by molar-refractivity contribution is 0.254. The lowest BCUT2D eigenvalue weighted by Gasteiger charge is -2.26. The van der Waals surface area contributed by atoms with Crippen molar-refractivity contribution in [3.05, 3.63) is 0 Å². The van der Waals surface area contributed by atoms with Gasteiger partial charge in [-0.05, 0) is 30.1 Å². The van der Waals surface area contributed by atoms with E-state index in [1.807, 2.05) is 0 Å². The molecule has 0 saturated heterocycles. The van der Waals surface area contributed by atoms with Crippen molar-refractivity contribution < 1.29 is 0 Å². The van der Waals surface area contributed by atoms with E-state index in [9.17, 15) is 0 Å². The van der Waals surface area contributed by atoms with Crippen LogP contribution >= 0.6 is 0 Å². The molecule has 2 atom stereocenters. The molecule has 0 nitrogen and oxygen atoms in total. The molecule has 1 fully saturated rings. The zero-order valence-electron chi connectivity index (χ0n) is 8.48. The Morgan fingerprint density at radius 1 is 1.09 bits per heavy atom. The topological polar surface area (TPSA) is 0 Å². The number of hydrogen-bond donors (Lipinski definition) is 0. The smallest absolute Gasteiger partial charge is 0.0352 e. The molecule has 0 aromatic carbocycles. The monoisotopic (exact) mass is 154 g/mol. The van der Waals surface area contributed by atoms with Crippen LogP contribution in [0.4, 0.5) is 0 Å². The second kappa shape index (κ2) is 3.16. The average Bonchev–Trinajstić information content (AvgIpc) is 1.93. The highest BCUT2D eigenvalue weighted by Crippen LogP contribution is 2.39. The number of rotatable bonds is 0. The largest absolute Gasteiger partial charge is 0.0623 e. The molecule has 0 aliphatic heterocycles. The quantitative estimate of drug-likeness (QED) is 0.465. The van der Waals surface area contributed by atoms with E-state index in [0.717, 1.165) is 11.8 Å². The Balaban J connectivity index is 2.55. The van der Waals surface area contributed by atoms with Crippen molar-refractivity contribution in [2.45, 2.75) is 53.4 Å². The first-order chi connectivity index (χ1) is 5.01. The second-order valence-corrected chi connectivity index (χ2v) is 5.22.